The maximum atomic E-state index is 11.0. The summed E-state index contributed by atoms with van der Waals surface area (Å²) in [6, 6.07) is 5.19. The van der Waals surface area contributed by atoms with Crippen LogP contribution in [0.5, 0.6) is 0 Å². The highest BCUT2D eigenvalue weighted by atomic mass is 16.5. The summed E-state index contributed by atoms with van der Waals surface area (Å²) in [5, 5.41) is 16.9. The molecule has 2 aromatic rings. The van der Waals surface area contributed by atoms with E-state index in [1.807, 2.05) is 17.6 Å². The van der Waals surface area contributed by atoms with Crippen molar-refractivity contribution in [1.29, 1.82) is 0 Å². The van der Waals surface area contributed by atoms with E-state index in [9.17, 15) is 10.0 Å². The summed E-state index contributed by atoms with van der Waals surface area (Å²) >= 11 is 0. The van der Waals surface area contributed by atoms with Crippen LogP contribution >= 0.6 is 0 Å². The van der Waals surface area contributed by atoms with Crippen LogP contribution < -0.4 is 5.32 Å². The third kappa shape index (κ3) is 4.75. The molecule has 2 aliphatic heterocycles. The third-order valence-electron chi connectivity index (χ3n) is 5.54. The molecular weight excluding hydrogens is 384 g/mol. The minimum Gasteiger partial charge on any atom is -0.387 e. The normalized spacial score (nSPS) is 20.1. The predicted molar refractivity (Wildman–Crippen MR) is 117 cm³/mol. The quantitative estimate of drug-likeness (QED) is 0.510. The monoisotopic (exact) mass is 412 g/mol. The average Bonchev–Trinajstić information content (AvgIpc) is 3.11. The predicted octanol–water partition coefficient (Wildman–Crippen LogP) is 2.68. The number of anilines is 1. The van der Waals surface area contributed by atoms with Gasteiger partial charge in [0.05, 0.1) is 42.6 Å². The molecule has 160 valence electrons. The van der Waals surface area contributed by atoms with Crippen molar-refractivity contribution in [1.82, 2.24) is 14.5 Å². The van der Waals surface area contributed by atoms with Crippen molar-refractivity contribution in [2.75, 3.05) is 44.7 Å². The van der Waals surface area contributed by atoms with Gasteiger partial charge in [0.2, 0.25) is 5.95 Å². The number of nitrogens with one attached hydrogen (secondary N) is 1. The third-order valence-corrected chi connectivity index (χ3v) is 5.54. The van der Waals surface area contributed by atoms with E-state index in [1.165, 1.54) is 0 Å². The summed E-state index contributed by atoms with van der Waals surface area (Å²) in [6.45, 7) is 7.66. The molecule has 0 saturated carbocycles. The number of morpholine rings is 1. The number of aliphatic hydroxyl groups excluding tert-OH is 1. The smallest absolute Gasteiger partial charge is 0.204 e. The first-order chi connectivity index (χ1) is 14.6. The molecule has 1 fully saturated rings. The van der Waals surface area contributed by atoms with Crippen LogP contribution in [0.4, 0.5) is 11.6 Å². The topological polar surface area (TPSA) is 104 Å². The fourth-order valence-electron chi connectivity index (χ4n) is 3.86. The second kappa shape index (κ2) is 9.46. The summed E-state index contributed by atoms with van der Waals surface area (Å²) in [6.07, 6.45) is 2.85. The van der Waals surface area contributed by atoms with E-state index in [2.05, 4.69) is 20.4 Å². The van der Waals surface area contributed by atoms with Gasteiger partial charge in [-0.2, -0.15) is 0 Å². The number of aliphatic hydroxyl groups is 1. The van der Waals surface area contributed by atoms with Gasteiger partial charge in [0.15, 0.2) is 0 Å². The highest BCUT2D eigenvalue weighted by Gasteiger charge is 2.20. The van der Waals surface area contributed by atoms with E-state index in [1.54, 1.807) is 18.2 Å². The van der Waals surface area contributed by atoms with E-state index in [-0.39, 0.29) is 0 Å². The zero-order valence-corrected chi connectivity index (χ0v) is 17.3. The van der Waals surface area contributed by atoms with Gasteiger partial charge in [-0.3, -0.25) is 9.89 Å². The van der Waals surface area contributed by atoms with Crippen molar-refractivity contribution in [3.05, 3.63) is 34.9 Å². The van der Waals surface area contributed by atoms with E-state index in [4.69, 9.17) is 9.72 Å². The Kier molecular flexibility index (Phi) is 6.51. The maximum absolute atomic E-state index is 11.0. The molecule has 0 bridgehead atoms. The molecule has 2 aliphatic rings. The van der Waals surface area contributed by atoms with Crippen LogP contribution in [0.1, 0.15) is 19.8 Å². The fraction of sp³-hybridized carbons (Fsp3) is 0.524. The van der Waals surface area contributed by atoms with Crippen LogP contribution in [0.2, 0.25) is 0 Å². The molecule has 30 heavy (non-hydrogen) atoms. The molecule has 1 saturated heterocycles. The Morgan fingerprint density at radius 3 is 2.97 bits per heavy atom. The number of ether oxygens (including phenoxy) is 1. The van der Waals surface area contributed by atoms with Gasteiger partial charge in [0.25, 0.3) is 0 Å². The Hall–Kier alpha value is -2.62. The minimum atomic E-state index is -0.618. The van der Waals surface area contributed by atoms with E-state index in [0.29, 0.717) is 30.3 Å². The average molecular weight is 412 g/mol. The number of aliphatic imine (C=N–C) groups is 1. The maximum Gasteiger partial charge on any atom is 0.204 e. The molecule has 3 heterocycles. The largest absolute Gasteiger partial charge is 0.387 e. The summed E-state index contributed by atoms with van der Waals surface area (Å²) in [7, 11) is 0. The second-order valence-electron chi connectivity index (χ2n) is 7.72. The van der Waals surface area contributed by atoms with E-state index >= 15 is 0 Å². The van der Waals surface area contributed by atoms with Crippen LogP contribution in [0, 0.1) is 4.91 Å². The molecule has 0 radical (unpaired) electrons. The molecule has 0 aliphatic carbocycles. The van der Waals surface area contributed by atoms with Crippen molar-refractivity contribution in [3.8, 4) is 0 Å². The number of fused-ring (bicyclic) bond motifs is 1. The van der Waals surface area contributed by atoms with Crippen LogP contribution in [0.15, 0.2) is 40.1 Å². The Morgan fingerprint density at radius 2 is 2.17 bits per heavy atom. The van der Waals surface area contributed by atoms with Crippen molar-refractivity contribution in [3.63, 3.8) is 0 Å². The zero-order chi connectivity index (χ0) is 20.9. The number of hydrogen-bond donors (Lipinski definition) is 2. The summed E-state index contributed by atoms with van der Waals surface area (Å²) in [5.74, 6) is 0.706. The number of nitroso groups, excluding NO2 is 1. The Balaban J connectivity index is 1.53. The molecule has 2 N–H and O–H groups in total. The van der Waals surface area contributed by atoms with E-state index in [0.717, 1.165) is 62.5 Å². The number of nitrogens with zero attached hydrogens (tertiary/aromatic N) is 5. The lowest BCUT2D eigenvalue weighted by Crippen LogP contribution is -2.37. The molecule has 1 atom stereocenters. The van der Waals surface area contributed by atoms with Gasteiger partial charge in [-0.15, -0.1) is 4.91 Å². The number of imidazole rings is 1. The van der Waals surface area contributed by atoms with Gasteiger partial charge < -0.3 is 19.7 Å². The van der Waals surface area contributed by atoms with E-state index < -0.39 is 6.10 Å². The molecule has 9 heteroatoms. The first-order valence-electron chi connectivity index (χ1n) is 10.4. The fourth-order valence-corrected chi connectivity index (χ4v) is 3.86. The van der Waals surface area contributed by atoms with Crippen LogP contribution in [-0.4, -0.2) is 70.8 Å². The number of rotatable bonds is 8. The lowest BCUT2D eigenvalue weighted by atomic mass is 10.1. The van der Waals surface area contributed by atoms with Crippen molar-refractivity contribution >= 4 is 28.4 Å². The molecule has 4 rings (SSSR count). The second-order valence-corrected chi connectivity index (χ2v) is 7.72. The van der Waals surface area contributed by atoms with Crippen LogP contribution in [0.25, 0.3) is 11.0 Å². The van der Waals surface area contributed by atoms with Gasteiger partial charge in [0, 0.05) is 25.3 Å². The first kappa shape index (κ1) is 20.6. The lowest BCUT2D eigenvalue weighted by Gasteiger charge is -2.26. The van der Waals surface area contributed by atoms with Crippen molar-refractivity contribution in [2.45, 2.75) is 32.4 Å². The van der Waals surface area contributed by atoms with Gasteiger partial charge >= 0.3 is 0 Å². The zero-order valence-electron chi connectivity index (χ0n) is 17.3. The summed E-state index contributed by atoms with van der Waals surface area (Å²) in [4.78, 5) is 22.7. The molecule has 0 spiro atoms. The highest BCUT2D eigenvalue weighted by Crippen LogP contribution is 2.26. The van der Waals surface area contributed by atoms with Gasteiger partial charge in [0.1, 0.15) is 5.69 Å². The van der Waals surface area contributed by atoms with Crippen molar-refractivity contribution in [2.24, 2.45) is 10.2 Å². The first-order valence-corrected chi connectivity index (χ1v) is 10.4. The number of benzene rings is 1. The Morgan fingerprint density at radius 1 is 1.33 bits per heavy atom. The Labute approximate surface area is 175 Å². The molecule has 1 unspecified atom stereocenters. The lowest BCUT2D eigenvalue weighted by molar-refractivity contribution is 0.0378. The number of allylic oxidation sites excluding steroid dienone is 1. The van der Waals surface area contributed by atoms with Gasteiger partial charge in [-0.25, -0.2) is 4.98 Å². The standard InChI is InChI=1S/C21H28N6O3/c1-15-3-6-20(28)18(23-15)14-27-19-13-16(25-29)4-5-17(19)24-21(27)22-7-2-8-26-9-11-30-12-10-26/h3-5,13,20,28H,2,6-12,14H2,1H3,(H,22,24). The van der Waals surface area contributed by atoms with Crippen LogP contribution in [0.3, 0.4) is 0 Å². The molecule has 9 nitrogen and oxygen atoms in total. The van der Waals surface area contributed by atoms with Gasteiger partial charge in [-0.1, -0.05) is 6.08 Å². The Bertz CT molecular complexity index is 961. The summed E-state index contributed by atoms with van der Waals surface area (Å²) in [5.41, 5.74) is 3.51. The number of aromatic nitrogens is 2. The van der Waals surface area contributed by atoms with Crippen LogP contribution in [-0.2, 0) is 11.3 Å². The molecule has 0 amide bonds. The SMILES string of the molecule is CC1=CCC(O)C(Cn2c(NCCCN3CCOCC3)nc3ccc(N=O)cc32)=N1. The number of hydrogen-bond acceptors (Lipinski definition) is 8. The molecular formula is C21H28N6O3. The highest BCUT2D eigenvalue weighted by molar-refractivity contribution is 5.92. The van der Waals surface area contributed by atoms with Crippen molar-refractivity contribution < 1.29 is 9.84 Å². The molecule has 1 aromatic heterocycles. The van der Waals surface area contributed by atoms with Gasteiger partial charge in [-0.05, 0) is 49.7 Å². The summed E-state index contributed by atoms with van der Waals surface area (Å²) < 4.78 is 7.37. The molecule has 1 aromatic carbocycles. The minimum absolute atomic E-state index is 0.352.